The number of carbonyl (C=O) groups excluding carboxylic acids is 1. The summed E-state index contributed by atoms with van der Waals surface area (Å²) in [4.78, 5) is 11.1. The largest absolute Gasteiger partial charge is 0.504 e. The van der Waals surface area contributed by atoms with Gasteiger partial charge >= 0.3 is 5.97 Å². The van der Waals surface area contributed by atoms with Gasteiger partial charge in [0.25, 0.3) is 0 Å². The molecule has 0 bridgehead atoms. The predicted molar refractivity (Wildman–Crippen MR) is 55.1 cm³/mol. The zero-order valence-corrected chi connectivity index (χ0v) is 8.56. The van der Waals surface area contributed by atoms with Gasteiger partial charge in [-0.2, -0.15) is 0 Å². The molecule has 0 amide bonds. The van der Waals surface area contributed by atoms with Gasteiger partial charge in [0, 0.05) is 12.1 Å². The third-order valence-electron chi connectivity index (χ3n) is 1.67. The Labute approximate surface area is 87.7 Å². The second-order valence-corrected chi connectivity index (χ2v) is 2.75. The minimum atomic E-state index is -0.467. The van der Waals surface area contributed by atoms with Crippen LogP contribution >= 0.6 is 0 Å². The average Bonchev–Trinajstić information content (AvgIpc) is 2.21. The van der Waals surface area contributed by atoms with Crippen LogP contribution in [-0.4, -0.2) is 18.2 Å². The summed E-state index contributed by atoms with van der Waals surface area (Å²) in [6.45, 7) is 1.72. The fraction of sp³-hybridized carbons (Fsp3) is 0.182. The number of benzene rings is 1. The van der Waals surface area contributed by atoms with Gasteiger partial charge in [0.05, 0.1) is 7.11 Å². The molecule has 0 aliphatic heterocycles. The molecule has 4 heteroatoms. The molecule has 1 aromatic rings. The van der Waals surface area contributed by atoms with Crippen molar-refractivity contribution >= 4 is 5.97 Å². The van der Waals surface area contributed by atoms with Gasteiger partial charge in [-0.05, 0) is 19.1 Å². The van der Waals surface area contributed by atoms with E-state index in [1.165, 1.54) is 31.4 Å². The highest BCUT2D eigenvalue weighted by atomic mass is 16.5. The van der Waals surface area contributed by atoms with Crippen LogP contribution in [0.5, 0.6) is 17.2 Å². The fourth-order valence-corrected chi connectivity index (χ4v) is 1.01. The van der Waals surface area contributed by atoms with Crippen LogP contribution < -0.4 is 9.47 Å². The number of esters is 1. The Bertz CT molecular complexity index is 382. The first-order chi connectivity index (χ1) is 7.17. The SMILES string of the molecule is C/C=C/C(=O)Oc1ccc(O)c(OC)c1. The van der Waals surface area contributed by atoms with Crippen LogP contribution in [0.3, 0.4) is 0 Å². The molecule has 0 spiro atoms. The van der Waals surface area contributed by atoms with Crippen LogP contribution in [0.25, 0.3) is 0 Å². The van der Waals surface area contributed by atoms with Gasteiger partial charge in [-0.25, -0.2) is 4.79 Å². The normalized spacial score (nSPS) is 10.3. The molecule has 80 valence electrons. The number of methoxy groups -OCH3 is 1. The van der Waals surface area contributed by atoms with E-state index < -0.39 is 5.97 Å². The van der Waals surface area contributed by atoms with E-state index in [0.29, 0.717) is 5.75 Å². The summed E-state index contributed by atoms with van der Waals surface area (Å²) in [6, 6.07) is 4.33. The Hall–Kier alpha value is -1.97. The average molecular weight is 208 g/mol. The van der Waals surface area contributed by atoms with Crippen molar-refractivity contribution in [2.75, 3.05) is 7.11 Å². The topological polar surface area (TPSA) is 55.8 Å². The van der Waals surface area contributed by atoms with E-state index in [-0.39, 0.29) is 11.5 Å². The minimum Gasteiger partial charge on any atom is -0.504 e. The molecule has 0 aromatic heterocycles. The van der Waals surface area contributed by atoms with Crippen molar-refractivity contribution in [3.8, 4) is 17.2 Å². The molecule has 0 fully saturated rings. The molecule has 0 heterocycles. The molecule has 0 atom stereocenters. The standard InChI is InChI=1S/C11H12O4/c1-3-4-11(13)15-8-5-6-9(12)10(7-8)14-2/h3-7,12H,1-2H3/b4-3+. The molecular formula is C11H12O4. The van der Waals surface area contributed by atoms with Crippen molar-refractivity contribution in [2.45, 2.75) is 6.92 Å². The van der Waals surface area contributed by atoms with Crippen molar-refractivity contribution < 1.29 is 19.4 Å². The summed E-state index contributed by atoms with van der Waals surface area (Å²) in [5, 5.41) is 9.29. The fourth-order valence-electron chi connectivity index (χ4n) is 1.01. The molecule has 0 saturated heterocycles. The first-order valence-electron chi connectivity index (χ1n) is 4.39. The van der Waals surface area contributed by atoms with Crippen LogP contribution in [0.1, 0.15) is 6.92 Å². The van der Waals surface area contributed by atoms with Gasteiger partial charge in [0.1, 0.15) is 5.75 Å². The van der Waals surface area contributed by atoms with Crippen molar-refractivity contribution in [1.82, 2.24) is 0 Å². The first-order valence-corrected chi connectivity index (χ1v) is 4.39. The Morgan fingerprint density at radius 3 is 2.80 bits per heavy atom. The predicted octanol–water partition coefficient (Wildman–Crippen LogP) is 1.88. The van der Waals surface area contributed by atoms with Crippen molar-refractivity contribution in [1.29, 1.82) is 0 Å². The van der Waals surface area contributed by atoms with E-state index in [2.05, 4.69) is 0 Å². The number of allylic oxidation sites excluding steroid dienone is 1. The molecule has 0 aliphatic rings. The molecule has 1 rings (SSSR count). The second kappa shape index (κ2) is 5.05. The van der Waals surface area contributed by atoms with Crippen LogP contribution in [0.15, 0.2) is 30.4 Å². The van der Waals surface area contributed by atoms with Gasteiger partial charge in [-0.1, -0.05) is 6.08 Å². The third kappa shape index (κ3) is 3.02. The van der Waals surface area contributed by atoms with Crippen molar-refractivity contribution in [2.24, 2.45) is 0 Å². The van der Waals surface area contributed by atoms with Crippen LogP contribution in [0.2, 0.25) is 0 Å². The Morgan fingerprint density at radius 1 is 1.47 bits per heavy atom. The van der Waals surface area contributed by atoms with Crippen molar-refractivity contribution in [3.05, 3.63) is 30.4 Å². The maximum absolute atomic E-state index is 11.1. The molecule has 0 saturated carbocycles. The van der Waals surface area contributed by atoms with Crippen LogP contribution in [-0.2, 0) is 4.79 Å². The number of ether oxygens (including phenoxy) is 2. The van der Waals surface area contributed by atoms with E-state index in [4.69, 9.17) is 9.47 Å². The number of phenols is 1. The molecule has 15 heavy (non-hydrogen) atoms. The molecule has 1 aromatic carbocycles. The molecule has 4 nitrogen and oxygen atoms in total. The second-order valence-electron chi connectivity index (χ2n) is 2.75. The lowest BCUT2D eigenvalue weighted by molar-refractivity contribution is -0.129. The number of rotatable bonds is 3. The first kappa shape index (κ1) is 11.1. The maximum Gasteiger partial charge on any atom is 0.335 e. The lowest BCUT2D eigenvalue weighted by Gasteiger charge is -2.05. The zero-order valence-electron chi connectivity index (χ0n) is 8.56. The smallest absolute Gasteiger partial charge is 0.335 e. The lowest BCUT2D eigenvalue weighted by atomic mass is 10.3. The summed E-state index contributed by atoms with van der Waals surface area (Å²) >= 11 is 0. The minimum absolute atomic E-state index is 0.00309. The van der Waals surface area contributed by atoms with E-state index in [1.807, 2.05) is 0 Å². The summed E-state index contributed by atoms with van der Waals surface area (Å²) in [5.74, 6) is 0.127. The third-order valence-corrected chi connectivity index (χ3v) is 1.67. The van der Waals surface area contributed by atoms with E-state index in [0.717, 1.165) is 0 Å². The van der Waals surface area contributed by atoms with Crippen molar-refractivity contribution in [3.63, 3.8) is 0 Å². The Morgan fingerprint density at radius 2 is 2.20 bits per heavy atom. The highest BCUT2D eigenvalue weighted by molar-refractivity contribution is 5.84. The van der Waals surface area contributed by atoms with Gasteiger partial charge in [0.2, 0.25) is 0 Å². The molecule has 0 unspecified atom stereocenters. The van der Waals surface area contributed by atoms with E-state index in [9.17, 15) is 9.90 Å². The monoisotopic (exact) mass is 208 g/mol. The van der Waals surface area contributed by atoms with Gasteiger partial charge in [-0.15, -0.1) is 0 Å². The van der Waals surface area contributed by atoms with E-state index >= 15 is 0 Å². The Balaban J connectivity index is 2.83. The highest BCUT2D eigenvalue weighted by Gasteiger charge is 2.05. The summed E-state index contributed by atoms with van der Waals surface area (Å²) in [6.07, 6.45) is 2.89. The maximum atomic E-state index is 11.1. The van der Waals surface area contributed by atoms with E-state index in [1.54, 1.807) is 13.0 Å². The zero-order chi connectivity index (χ0) is 11.3. The molecular weight excluding hydrogens is 196 g/mol. The van der Waals surface area contributed by atoms with Gasteiger partial charge < -0.3 is 14.6 Å². The molecule has 0 radical (unpaired) electrons. The summed E-state index contributed by atoms with van der Waals surface area (Å²) < 4.78 is 9.80. The number of hydrogen-bond acceptors (Lipinski definition) is 4. The van der Waals surface area contributed by atoms with Crippen LogP contribution in [0, 0.1) is 0 Å². The van der Waals surface area contributed by atoms with Gasteiger partial charge in [-0.3, -0.25) is 0 Å². The summed E-state index contributed by atoms with van der Waals surface area (Å²) in [5.41, 5.74) is 0. The number of carbonyl (C=O) groups is 1. The number of hydrogen-bond donors (Lipinski definition) is 1. The lowest BCUT2D eigenvalue weighted by Crippen LogP contribution is -2.03. The quantitative estimate of drug-likeness (QED) is 0.468. The Kier molecular flexibility index (Phi) is 3.74. The number of phenolic OH excluding ortho intramolecular Hbond substituents is 1. The molecule has 0 aliphatic carbocycles. The molecule has 1 N–H and O–H groups in total. The number of aromatic hydroxyl groups is 1. The van der Waals surface area contributed by atoms with Crippen LogP contribution in [0.4, 0.5) is 0 Å². The van der Waals surface area contributed by atoms with Gasteiger partial charge in [0.15, 0.2) is 11.5 Å². The highest BCUT2D eigenvalue weighted by Crippen LogP contribution is 2.29. The summed E-state index contributed by atoms with van der Waals surface area (Å²) in [7, 11) is 1.42.